The lowest BCUT2D eigenvalue weighted by Crippen LogP contribution is -2.16. The average molecular weight is 541 g/mol. The molecule has 6 heterocycles. The smallest absolute Gasteiger partial charge is 0.246 e. The van der Waals surface area contributed by atoms with Crippen LogP contribution in [0.15, 0.2) is 65.8 Å². The summed E-state index contributed by atoms with van der Waals surface area (Å²) < 4.78 is 13.7. The number of nitrogens with one attached hydrogen (secondary N) is 4. The first-order valence-electron chi connectivity index (χ1n) is 12.5. The fraction of sp³-hybridized carbons (Fsp3) is 0.179. The standard InChI is InChI=1S/C28H25FN8OS/c1-14(2)8-23(38)33-18-9-15(3)31-12-16(10-18)17-11-19-24(36-37-27(19)32-13-17)28-34-20-6-7-30-26(25(20)35-28)21-4-5-22(29)39-21/h4-7,9-14,34-36H,8H2,1-3H3,(H,32,37). The van der Waals surface area contributed by atoms with Gasteiger partial charge in [-0.05, 0) is 49.2 Å². The normalized spacial score (nSPS) is 15.8. The summed E-state index contributed by atoms with van der Waals surface area (Å²) in [5.41, 5.74) is 12.5. The fourth-order valence-corrected chi connectivity index (χ4v) is 5.19. The van der Waals surface area contributed by atoms with Crippen LogP contribution in [0, 0.1) is 18.0 Å². The molecule has 0 saturated carbocycles. The van der Waals surface area contributed by atoms with E-state index >= 15 is 0 Å². The number of nitrogens with zero attached hydrogens (tertiary/aromatic N) is 4. The van der Waals surface area contributed by atoms with Crippen molar-refractivity contribution in [1.82, 2.24) is 20.4 Å². The Hall–Kier alpha value is -4.64. The molecule has 196 valence electrons. The molecule has 0 saturated heterocycles. The van der Waals surface area contributed by atoms with E-state index in [1.54, 1.807) is 30.7 Å². The molecule has 0 bridgehead atoms. The molecule has 6 rings (SSSR count). The number of aryl methyl sites for hydroxylation is 1. The maximum Gasteiger partial charge on any atom is 0.246 e. The van der Waals surface area contributed by atoms with Gasteiger partial charge >= 0.3 is 0 Å². The molecule has 11 heteroatoms. The topological polar surface area (TPSA) is 116 Å². The van der Waals surface area contributed by atoms with E-state index in [4.69, 9.17) is 0 Å². The van der Waals surface area contributed by atoms with Crippen molar-refractivity contribution in [3.63, 3.8) is 0 Å². The Morgan fingerprint density at radius 2 is 1.85 bits per heavy atom. The van der Waals surface area contributed by atoms with E-state index in [0.717, 1.165) is 55.7 Å². The van der Waals surface area contributed by atoms with Gasteiger partial charge in [0.15, 0.2) is 10.9 Å². The Labute approximate surface area is 228 Å². The number of thiophene rings is 1. The number of hydrogen-bond acceptors (Lipinski definition) is 9. The third kappa shape index (κ3) is 4.96. The van der Waals surface area contributed by atoms with Gasteiger partial charge in [-0.1, -0.05) is 13.8 Å². The summed E-state index contributed by atoms with van der Waals surface area (Å²) in [6.45, 7) is 5.86. The van der Waals surface area contributed by atoms with Crippen LogP contribution in [0.4, 0.5) is 21.6 Å². The summed E-state index contributed by atoms with van der Waals surface area (Å²) >= 11 is 1.05. The van der Waals surface area contributed by atoms with Crippen LogP contribution < -0.4 is 26.8 Å². The number of pyridine rings is 2. The van der Waals surface area contributed by atoms with Crippen molar-refractivity contribution in [3.05, 3.63) is 82.6 Å². The molecule has 4 aromatic rings. The van der Waals surface area contributed by atoms with E-state index in [9.17, 15) is 9.18 Å². The molecule has 0 unspecified atom stereocenters. The summed E-state index contributed by atoms with van der Waals surface area (Å²) in [4.78, 5) is 31.0. The highest BCUT2D eigenvalue weighted by molar-refractivity contribution is 7.13. The van der Waals surface area contributed by atoms with Crippen LogP contribution in [0.1, 0.15) is 31.5 Å². The van der Waals surface area contributed by atoms with Crippen molar-refractivity contribution < 1.29 is 9.18 Å². The highest BCUT2D eigenvalue weighted by atomic mass is 32.1. The van der Waals surface area contributed by atoms with Gasteiger partial charge in [0.2, 0.25) is 5.91 Å². The van der Waals surface area contributed by atoms with E-state index in [1.165, 1.54) is 6.07 Å². The third-order valence-electron chi connectivity index (χ3n) is 6.22. The second kappa shape index (κ2) is 9.91. The highest BCUT2D eigenvalue weighted by Gasteiger charge is 2.28. The first-order valence-corrected chi connectivity index (χ1v) is 13.3. The molecular formula is C28H25FN8OS. The van der Waals surface area contributed by atoms with E-state index in [1.807, 2.05) is 39.0 Å². The molecule has 2 aliphatic heterocycles. The lowest BCUT2D eigenvalue weighted by Gasteiger charge is -2.07. The lowest BCUT2D eigenvalue weighted by molar-refractivity contribution is -0.118. The second-order valence-electron chi connectivity index (χ2n) is 9.73. The molecule has 0 aromatic carbocycles. The minimum Gasteiger partial charge on any atom is -0.338 e. The quantitative estimate of drug-likeness (QED) is 0.276. The zero-order valence-corrected chi connectivity index (χ0v) is 22.3. The van der Waals surface area contributed by atoms with Crippen LogP contribution in [0.2, 0.25) is 0 Å². The molecule has 0 aliphatic carbocycles. The predicted molar refractivity (Wildman–Crippen MR) is 151 cm³/mol. The van der Waals surface area contributed by atoms with E-state index in [-0.39, 0.29) is 17.0 Å². The Bertz CT molecular complexity index is 1730. The number of hydrogen-bond donors (Lipinski definition) is 4. The number of carbonyl (C=O) groups excluding carboxylic acids is 1. The van der Waals surface area contributed by atoms with E-state index in [0.29, 0.717) is 29.1 Å². The summed E-state index contributed by atoms with van der Waals surface area (Å²) in [5.74, 6) is 1.45. The number of carbonyl (C=O) groups is 1. The monoisotopic (exact) mass is 540 g/mol. The second-order valence-corrected chi connectivity index (χ2v) is 10.8. The zero-order valence-electron chi connectivity index (χ0n) is 21.5. The largest absolute Gasteiger partial charge is 0.338 e. The third-order valence-corrected chi connectivity index (χ3v) is 7.10. The van der Waals surface area contributed by atoms with Crippen LogP contribution in [0.25, 0.3) is 27.4 Å². The summed E-state index contributed by atoms with van der Waals surface area (Å²) in [7, 11) is 0. The lowest BCUT2D eigenvalue weighted by atomic mass is 10.1. The van der Waals surface area contributed by atoms with Gasteiger partial charge in [0, 0.05) is 47.4 Å². The SMILES string of the molecule is Cc1cc(=NC(=O)CC(C)C)cc(-c2cnc3c(c2)C(=C2Nc4ccnc(-c5ccc(F)s5)c4N2)NN3)cn1. The molecule has 2 aliphatic rings. The van der Waals surface area contributed by atoms with Crippen LogP contribution in [-0.4, -0.2) is 20.9 Å². The van der Waals surface area contributed by atoms with Gasteiger partial charge in [-0.2, -0.15) is 4.39 Å². The maximum absolute atomic E-state index is 13.7. The summed E-state index contributed by atoms with van der Waals surface area (Å²) in [6.07, 6.45) is 5.59. The van der Waals surface area contributed by atoms with Crippen molar-refractivity contribution in [2.24, 2.45) is 10.9 Å². The first-order chi connectivity index (χ1) is 18.8. The molecule has 39 heavy (non-hydrogen) atoms. The van der Waals surface area contributed by atoms with Gasteiger partial charge in [0.1, 0.15) is 17.2 Å². The molecule has 4 aromatic heterocycles. The minimum absolute atomic E-state index is 0.161. The van der Waals surface area contributed by atoms with Gasteiger partial charge in [0.05, 0.1) is 21.6 Å². The minimum atomic E-state index is -0.262. The van der Waals surface area contributed by atoms with Crippen LogP contribution in [0.5, 0.6) is 0 Å². The molecule has 0 atom stereocenters. The fourth-order valence-electron chi connectivity index (χ4n) is 4.46. The maximum atomic E-state index is 13.7. The number of halogens is 1. The summed E-state index contributed by atoms with van der Waals surface area (Å²) in [5, 5.41) is 7.10. The number of hydrazine groups is 1. The van der Waals surface area contributed by atoms with Crippen molar-refractivity contribution in [1.29, 1.82) is 0 Å². The molecule has 1 amide bonds. The number of fused-ring (bicyclic) bond motifs is 2. The van der Waals surface area contributed by atoms with Crippen LogP contribution >= 0.6 is 11.3 Å². The van der Waals surface area contributed by atoms with Gasteiger partial charge in [-0.3, -0.25) is 25.6 Å². The highest BCUT2D eigenvalue weighted by Crippen LogP contribution is 2.42. The Kier molecular flexibility index (Phi) is 6.27. The molecule has 0 radical (unpaired) electrons. The van der Waals surface area contributed by atoms with Crippen molar-refractivity contribution in [2.45, 2.75) is 27.2 Å². The number of anilines is 3. The zero-order chi connectivity index (χ0) is 27.1. The number of aromatic nitrogens is 3. The number of amides is 1. The molecule has 4 N–H and O–H groups in total. The number of rotatable bonds is 4. The van der Waals surface area contributed by atoms with Crippen LogP contribution in [-0.2, 0) is 4.79 Å². The first kappa shape index (κ1) is 24.7. The molecule has 0 spiro atoms. The molecular weight excluding hydrogens is 515 g/mol. The Morgan fingerprint density at radius 3 is 2.64 bits per heavy atom. The van der Waals surface area contributed by atoms with Gasteiger partial charge in [-0.15, -0.1) is 11.3 Å². The summed E-state index contributed by atoms with van der Waals surface area (Å²) in [6, 6.07) is 10.7. The van der Waals surface area contributed by atoms with Crippen LogP contribution in [0.3, 0.4) is 0 Å². The Balaban J connectivity index is 1.38. The van der Waals surface area contributed by atoms with Crippen molar-refractivity contribution in [2.75, 3.05) is 16.1 Å². The van der Waals surface area contributed by atoms with Gasteiger partial charge in [0.25, 0.3) is 0 Å². The van der Waals surface area contributed by atoms with Crippen molar-refractivity contribution in [3.8, 4) is 21.7 Å². The van der Waals surface area contributed by atoms with E-state index < -0.39 is 0 Å². The van der Waals surface area contributed by atoms with E-state index in [2.05, 4.69) is 41.4 Å². The molecule has 0 fully saturated rings. The molecule has 9 nitrogen and oxygen atoms in total. The Morgan fingerprint density at radius 1 is 1.03 bits per heavy atom. The van der Waals surface area contributed by atoms with Gasteiger partial charge in [-0.25, -0.2) is 9.98 Å². The van der Waals surface area contributed by atoms with Crippen molar-refractivity contribution >= 4 is 40.1 Å². The predicted octanol–water partition coefficient (Wildman–Crippen LogP) is 5.28. The average Bonchev–Trinajstić information content (AvgIpc) is 3.60. The van der Waals surface area contributed by atoms with Gasteiger partial charge < -0.3 is 10.6 Å².